The van der Waals surface area contributed by atoms with Crippen LogP contribution < -0.4 is 5.32 Å². The Labute approximate surface area is 164 Å². The number of halogens is 3. The highest BCUT2D eigenvalue weighted by atomic mass is 19.4. The number of nitrogens with zero attached hydrogens (tertiary/aromatic N) is 3. The Bertz CT molecular complexity index is 1000. The Hall–Kier alpha value is -3.36. The van der Waals surface area contributed by atoms with Crippen LogP contribution >= 0.6 is 0 Å². The Kier molecular flexibility index (Phi) is 4.52. The van der Waals surface area contributed by atoms with Crippen LogP contribution in [0, 0.1) is 0 Å². The van der Waals surface area contributed by atoms with Gasteiger partial charge in [0.05, 0.1) is 29.4 Å². The SMILES string of the molecule is CN1C(=O)NC(c2ccccc2C(F)(F)F)C2=C1CN(Cc1cccnc1)C2=O. The summed E-state index contributed by atoms with van der Waals surface area (Å²) >= 11 is 0. The average Bonchev–Trinajstić information content (AvgIpc) is 3.01. The summed E-state index contributed by atoms with van der Waals surface area (Å²) in [6.45, 7) is 0.382. The third kappa shape index (κ3) is 3.32. The zero-order chi connectivity index (χ0) is 20.8. The molecule has 29 heavy (non-hydrogen) atoms. The van der Waals surface area contributed by atoms with Gasteiger partial charge in [0.25, 0.3) is 5.91 Å². The molecule has 150 valence electrons. The van der Waals surface area contributed by atoms with E-state index in [4.69, 9.17) is 0 Å². The number of alkyl halides is 3. The lowest BCUT2D eigenvalue weighted by Crippen LogP contribution is -2.45. The molecule has 2 aliphatic rings. The van der Waals surface area contributed by atoms with Crippen molar-refractivity contribution >= 4 is 11.9 Å². The standard InChI is InChI=1S/C20H17F3N4O2/c1-26-15-11-27(10-12-5-4-8-24-9-12)18(28)16(15)17(25-19(26)29)13-6-2-3-7-14(13)20(21,22)23/h2-9,17H,10-11H2,1H3,(H,25,29). The van der Waals surface area contributed by atoms with Crippen molar-refractivity contribution in [1.82, 2.24) is 20.1 Å². The van der Waals surface area contributed by atoms with Crippen molar-refractivity contribution < 1.29 is 22.8 Å². The van der Waals surface area contributed by atoms with E-state index in [-0.39, 0.29) is 24.2 Å². The Balaban J connectivity index is 1.74. The lowest BCUT2D eigenvalue weighted by atomic mass is 9.92. The van der Waals surface area contributed by atoms with Gasteiger partial charge in [-0.05, 0) is 23.3 Å². The van der Waals surface area contributed by atoms with Gasteiger partial charge in [-0.2, -0.15) is 13.2 Å². The number of likely N-dealkylation sites (N-methyl/N-ethyl adjacent to an activating group) is 1. The van der Waals surface area contributed by atoms with Crippen molar-refractivity contribution in [2.45, 2.75) is 18.8 Å². The number of amides is 3. The van der Waals surface area contributed by atoms with Gasteiger partial charge in [0.2, 0.25) is 0 Å². The fourth-order valence-corrected chi connectivity index (χ4v) is 3.70. The van der Waals surface area contributed by atoms with E-state index in [9.17, 15) is 22.8 Å². The van der Waals surface area contributed by atoms with Gasteiger partial charge in [-0.25, -0.2) is 4.79 Å². The zero-order valence-corrected chi connectivity index (χ0v) is 15.4. The summed E-state index contributed by atoms with van der Waals surface area (Å²) in [6, 6.07) is 6.81. The second-order valence-electron chi connectivity index (χ2n) is 6.91. The molecule has 0 spiro atoms. The highest BCUT2D eigenvalue weighted by molar-refractivity contribution is 6.01. The van der Waals surface area contributed by atoms with Crippen LogP contribution in [-0.2, 0) is 17.5 Å². The summed E-state index contributed by atoms with van der Waals surface area (Å²) < 4.78 is 40.6. The van der Waals surface area contributed by atoms with Crippen LogP contribution in [0.1, 0.15) is 22.7 Å². The van der Waals surface area contributed by atoms with Crippen LogP contribution in [0.3, 0.4) is 0 Å². The zero-order valence-electron chi connectivity index (χ0n) is 15.4. The van der Waals surface area contributed by atoms with E-state index in [1.807, 2.05) is 0 Å². The number of hydrogen-bond acceptors (Lipinski definition) is 3. The number of urea groups is 1. The Morgan fingerprint density at radius 1 is 1.17 bits per heavy atom. The fourth-order valence-electron chi connectivity index (χ4n) is 3.70. The van der Waals surface area contributed by atoms with Crippen molar-refractivity contribution in [2.24, 2.45) is 0 Å². The third-order valence-corrected chi connectivity index (χ3v) is 5.11. The predicted octanol–water partition coefficient (Wildman–Crippen LogP) is 3.09. The third-order valence-electron chi connectivity index (χ3n) is 5.11. The minimum Gasteiger partial charge on any atom is -0.329 e. The van der Waals surface area contributed by atoms with Crippen molar-refractivity contribution in [3.8, 4) is 0 Å². The number of nitrogens with one attached hydrogen (secondary N) is 1. The number of aromatic nitrogens is 1. The summed E-state index contributed by atoms with van der Waals surface area (Å²) in [5.74, 6) is -0.405. The molecule has 3 amide bonds. The fraction of sp³-hybridized carbons (Fsp3) is 0.250. The molecule has 9 heteroatoms. The van der Waals surface area contributed by atoms with Crippen molar-refractivity contribution in [2.75, 3.05) is 13.6 Å². The maximum atomic E-state index is 13.5. The van der Waals surface area contributed by atoms with Crippen LogP contribution in [-0.4, -0.2) is 40.3 Å². The van der Waals surface area contributed by atoms with E-state index in [1.54, 1.807) is 24.5 Å². The molecule has 6 nitrogen and oxygen atoms in total. The van der Waals surface area contributed by atoms with E-state index in [0.717, 1.165) is 11.6 Å². The smallest absolute Gasteiger partial charge is 0.329 e. The summed E-state index contributed by atoms with van der Waals surface area (Å²) in [7, 11) is 1.50. The molecule has 1 atom stereocenters. The molecule has 1 N–H and O–H groups in total. The molecule has 0 aliphatic carbocycles. The van der Waals surface area contributed by atoms with Crippen LogP contribution in [0.25, 0.3) is 0 Å². The second-order valence-corrected chi connectivity index (χ2v) is 6.91. The van der Waals surface area contributed by atoms with E-state index in [2.05, 4.69) is 10.3 Å². The largest absolute Gasteiger partial charge is 0.416 e. The van der Waals surface area contributed by atoms with Crippen molar-refractivity contribution in [3.63, 3.8) is 0 Å². The molecule has 3 heterocycles. The lowest BCUT2D eigenvalue weighted by Gasteiger charge is -2.32. The molecular formula is C20H17F3N4O2. The molecule has 1 aromatic carbocycles. The van der Waals surface area contributed by atoms with Gasteiger partial charge >= 0.3 is 12.2 Å². The number of benzene rings is 1. The molecule has 0 bridgehead atoms. The second kappa shape index (κ2) is 6.91. The maximum Gasteiger partial charge on any atom is 0.416 e. The first-order valence-electron chi connectivity index (χ1n) is 8.89. The molecular weight excluding hydrogens is 385 g/mol. The van der Waals surface area contributed by atoms with Gasteiger partial charge in [0.1, 0.15) is 0 Å². The lowest BCUT2D eigenvalue weighted by molar-refractivity contribution is -0.138. The van der Waals surface area contributed by atoms with Gasteiger partial charge in [-0.3, -0.25) is 14.7 Å². The van der Waals surface area contributed by atoms with E-state index in [1.165, 1.54) is 35.0 Å². The molecule has 1 aromatic heterocycles. The van der Waals surface area contributed by atoms with E-state index >= 15 is 0 Å². The minimum atomic E-state index is -4.61. The van der Waals surface area contributed by atoms with Crippen LogP contribution in [0.2, 0.25) is 0 Å². The monoisotopic (exact) mass is 402 g/mol. The highest BCUT2D eigenvalue weighted by Gasteiger charge is 2.45. The van der Waals surface area contributed by atoms with Crippen LogP contribution in [0.15, 0.2) is 60.1 Å². The topological polar surface area (TPSA) is 65.5 Å². The molecule has 2 aliphatic heterocycles. The van der Waals surface area contributed by atoms with Gasteiger partial charge < -0.3 is 10.2 Å². The molecule has 2 aromatic rings. The minimum absolute atomic E-state index is 0.137. The normalized spacial score (nSPS) is 19.5. The number of pyridine rings is 1. The first-order valence-corrected chi connectivity index (χ1v) is 8.89. The maximum absolute atomic E-state index is 13.5. The van der Waals surface area contributed by atoms with Crippen molar-refractivity contribution in [1.29, 1.82) is 0 Å². The summed E-state index contributed by atoms with van der Waals surface area (Å²) in [5.41, 5.74) is 0.331. The van der Waals surface area contributed by atoms with Gasteiger partial charge in [0.15, 0.2) is 0 Å². The van der Waals surface area contributed by atoms with Gasteiger partial charge in [0, 0.05) is 26.0 Å². The van der Waals surface area contributed by atoms with E-state index in [0.29, 0.717) is 5.70 Å². The predicted molar refractivity (Wildman–Crippen MR) is 97.2 cm³/mol. The molecule has 4 rings (SSSR count). The van der Waals surface area contributed by atoms with Crippen LogP contribution in [0.5, 0.6) is 0 Å². The van der Waals surface area contributed by atoms with Gasteiger partial charge in [-0.15, -0.1) is 0 Å². The van der Waals surface area contributed by atoms with E-state index < -0.39 is 29.7 Å². The van der Waals surface area contributed by atoms with Crippen molar-refractivity contribution in [3.05, 3.63) is 76.8 Å². The molecule has 0 fully saturated rings. The number of hydrogen-bond donors (Lipinski definition) is 1. The first-order chi connectivity index (χ1) is 13.8. The molecule has 0 radical (unpaired) electrons. The molecule has 0 saturated carbocycles. The number of rotatable bonds is 3. The Morgan fingerprint density at radius 2 is 1.93 bits per heavy atom. The Morgan fingerprint density at radius 3 is 2.62 bits per heavy atom. The highest BCUT2D eigenvalue weighted by Crippen LogP contribution is 2.41. The number of carbonyl (C=O) groups excluding carboxylic acids is 2. The quantitative estimate of drug-likeness (QED) is 0.858. The summed E-state index contributed by atoms with van der Waals surface area (Å²) in [6.07, 6.45) is -1.38. The number of carbonyl (C=O) groups is 2. The molecule has 1 unspecified atom stereocenters. The van der Waals surface area contributed by atoms with Gasteiger partial charge in [-0.1, -0.05) is 24.3 Å². The summed E-state index contributed by atoms with van der Waals surface area (Å²) in [5, 5.41) is 2.55. The average molecular weight is 402 g/mol. The first kappa shape index (κ1) is 19.0. The molecule has 0 saturated heterocycles. The van der Waals surface area contributed by atoms with Crippen LogP contribution in [0.4, 0.5) is 18.0 Å². The summed E-state index contributed by atoms with van der Waals surface area (Å²) in [4.78, 5) is 32.3.